The number of nitrogens with zero attached hydrogens (tertiary/aromatic N) is 1. The van der Waals surface area contributed by atoms with Gasteiger partial charge < -0.3 is 4.98 Å². The fraction of sp³-hybridized carbons (Fsp3) is 0. The van der Waals surface area contributed by atoms with Crippen LogP contribution >= 0.6 is 23.2 Å². The zero-order valence-corrected chi connectivity index (χ0v) is 9.01. The van der Waals surface area contributed by atoms with Crippen molar-refractivity contribution >= 4 is 23.2 Å². The second-order valence-electron chi connectivity index (χ2n) is 2.93. The fourth-order valence-electron chi connectivity index (χ4n) is 1.22. The lowest BCUT2D eigenvalue weighted by molar-refractivity contribution is 1.14. The summed E-state index contributed by atoms with van der Waals surface area (Å²) in [5.41, 5.74) is 0.938. The SMILES string of the molecule is O=c1cncc(-c2cc(Cl)ccc2Cl)[nH]1. The van der Waals surface area contributed by atoms with E-state index < -0.39 is 0 Å². The van der Waals surface area contributed by atoms with Crippen molar-refractivity contribution in [3.05, 3.63) is 51.0 Å². The van der Waals surface area contributed by atoms with Crippen molar-refractivity contribution in [2.75, 3.05) is 0 Å². The lowest BCUT2D eigenvalue weighted by Crippen LogP contribution is -2.05. The molecule has 1 aromatic carbocycles. The summed E-state index contributed by atoms with van der Waals surface area (Å²) in [7, 11) is 0. The minimum absolute atomic E-state index is 0.274. The van der Waals surface area contributed by atoms with E-state index in [1.54, 1.807) is 18.2 Å². The highest BCUT2D eigenvalue weighted by molar-refractivity contribution is 6.35. The molecule has 1 heterocycles. The number of rotatable bonds is 1. The van der Waals surface area contributed by atoms with Gasteiger partial charge in [0.15, 0.2) is 0 Å². The summed E-state index contributed by atoms with van der Waals surface area (Å²) < 4.78 is 0. The minimum Gasteiger partial charge on any atom is -0.319 e. The van der Waals surface area contributed by atoms with Crippen molar-refractivity contribution in [2.45, 2.75) is 0 Å². The molecule has 2 rings (SSSR count). The quantitative estimate of drug-likeness (QED) is 0.834. The van der Waals surface area contributed by atoms with Crippen LogP contribution in [0, 0.1) is 0 Å². The van der Waals surface area contributed by atoms with E-state index in [1.807, 2.05) is 0 Å². The van der Waals surface area contributed by atoms with Crippen molar-refractivity contribution in [3.63, 3.8) is 0 Å². The summed E-state index contributed by atoms with van der Waals surface area (Å²) in [5.74, 6) is 0. The summed E-state index contributed by atoms with van der Waals surface area (Å²) >= 11 is 11.8. The molecule has 0 bridgehead atoms. The molecule has 0 aliphatic heterocycles. The average Bonchev–Trinajstić information content (AvgIpc) is 2.22. The number of hydrogen-bond acceptors (Lipinski definition) is 2. The summed E-state index contributed by atoms with van der Waals surface area (Å²) in [6.45, 7) is 0. The van der Waals surface area contributed by atoms with Gasteiger partial charge in [-0.1, -0.05) is 23.2 Å². The number of halogens is 2. The Kier molecular flexibility index (Phi) is 2.75. The zero-order valence-electron chi connectivity index (χ0n) is 7.50. The van der Waals surface area contributed by atoms with Gasteiger partial charge in [-0.2, -0.15) is 0 Å². The lowest BCUT2D eigenvalue weighted by Gasteiger charge is -2.03. The molecule has 3 nitrogen and oxygen atoms in total. The maximum atomic E-state index is 11.1. The largest absolute Gasteiger partial charge is 0.319 e. The molecule has 1 aromatic heterocycles. The van der Waals surface area contributed by atoms with E-state index >= 15 is 0 Å². The molecule has 0 radical (unpaired) electrons. The first-order chi connectivity index (χ1) is 7.16. The van der Waals surface area contributed by atoms with Crippen molar-refractivity contribution < 1.29 is 0 Å². The second kappa shape index (κ2) is 4.04. The van der Waals surface area contributed by atoms with Crippen LogP contribution in [-0.2, 0) is 0 Å². The van der Waals surface area contributed by atoms with Crippen LogP contribution < -0.4 is 5.56 Å². The molecule has 5 heteroatoms. The van der Waals surface area contributed by atoms with Gasteiger partial charge in [-0.25, -0.2) is 0 Å². The second-order valence-corrected chi connectivity index (χ2v) is 3.78. The third-order valence-electron chi connectivity index (χ3n) is 1.87. The Morgan fingerprint density at radius 3 is 2.73 bits per heavy atom. The van der Waals surface area contributed by atoms with Crippen molar-refractivity contribution in [3.8, 4) is 11.3 Å². The molecular weight excluding hydrogens is 235 g/mol. The van der Waals surface area contributed by atoms with Crippen LogP contribution in [0.25, 0.3) is 11.3 Å². The molecule has 0 spiro atoms. The van der Waals surface area contributed by atoms with E-state index in [9.17, 15) is 4.79 Å². The van der Waals surface area contributed by atoms with Crippen LogP contribution in [0.4, 0.5) is 0 Å². The Balaban J connectivity index is 2.63. The highest BCUT2D eigenvalue weighted by Gasteiger charge is 2.05. The first kappa shape index (κ1) is 10.2. The molecule has 0 aliphatic carbocycles. The average molecular weight is 241 g/mol. The molecule has 0 atom stereocenters. The summed E-state index contributed by atoms with van der Waals surface area (Å²) in [6.07, 6.45) is 2.72. The molecular formula is C10H6Cl2N2O. The van der Waals surface area contributed by atoms with E-state index in [2.05, 4.69) is 9.97 Å². The molecule has 1 N–H and O–H groups in total. The van der Waals surface area contributed by atoms with Crippen molar-refractivity contribution in [1.82, 2.24) is 9.97 Å². The molecule has 15 heavy (non-hydrogen) atoms. The number of aromatic amines is 1. The van der Waals surface area contributed by atoms with Gasteiger partial charge in [-0.3, -0.25) is 9.78 Å². The van der Waals surface area contributed by atoms with Gasteiger partial charge in [0, 0.05) is 10.6 Å². The van der Waals surface area contributed by atoms with Gasteiger partial charge in [0.05, 0.1) is 23.1 Å². The van der Waals surface area contributed by atoms with Crippen molar-refractivity contribution in [2.24, 2.45) is 0 Å². The zero-order chi connectivity index (χ0) is 10.8. The number of aromatic nitrogens is 2. The van der Waals surface area contributed by atoms with E-state index in [1.165, 1.54) is 12.4 Å². The first-order valence-electron chi connectivity index (χ1n) is 4.16. The van der Waals surface area contributed by atoms with Crippen LogP contribution in [0.3, 0.4) is 0 Å². The molecule has 0 unspecified atom stereocenters. The van der Waals surface area contributed by atoms with Crippen LogP contribution in [-0.4, -0.2) is 9.97 Å². The maximum Gasteiger partial charge on any atom is 0.266 e. The van der Waals surface area contributed by atoms with Gasteiger partial charge in [0.1, 0.15) is 0 Å². The number of H-pyrrole nitrogens is 1. The molecule has 76 valence electrons. The smallest absolute Gasteiger partial charge is 0.266 e. The Labute approximate surface area is 95.7 Å². The topological polar surface area (TPSA) is 45.8 Å². The van der Waals surface area contributed by atoms with E-state index in [-0.39, 0.29) is 5.56 Å². The van der Waals surface area contributed by atoms with Crippen LogP contribution in [0.1, 0.15) is 0 Å². The molecule has 0 fully saturated rings. The molecule has 2 aromatic rings. The first-order valence-corrected chi connectivity index (χ1v) is 4.92. The summed E-state index contributed by atoms with van der Waals surface area (Å²) in [6, 6.07) is 5.03. The standard InChI is InChI=1S/C10H6Cl2N2O/c11-6-1-2-8(12)7(3-6)9-4-13-5-10(15)14-9/h1-5H,(H,14,15). The highest BCUT2D eigenvalue weighted by Crippen LogP contribution is 2.28. The van der Waals surface area contributed by atoms with E-state index in [4.69, 9.17) is 23.2 Å². The van der Waals surface area contributed by atoms with Crippen LogP contribution in [0.15, 0.2) is 35.4 Å². The number of benzene rings is 1. The van der Waals surface area contributed by atoms with Gasteiger partial charge in [-0.15, -0.1) is 0 Å². The third kappa shape index (κ3) is 2.19. The summed E-state index contributed by atoms with van der Waals surface area (Å²) in [4.78, 5) is 17.5. The lowest BCUT2D eigenvalue weighted by atomic mass is 10.1. The molecule has 0 aliphatic rings. The van der Waals surface area contributed by atoms with Gasteiger partial charge in [-0.05, 0) is 18.2 Å². The Bertz CT molecular complexity index is 551. The van der Waals surface area contributed by atoms with E-state index in [0.29, 0.717) is 21.3 Å². The fourth-order valence-corrected chi connectivity index (χ4v) is 1.61. The molecule has 0 saturated heterocycles. The Hall–Kier alpha value is -1.32. The minimum atomic E-state index is -0.274. The third-order valence-corrected chi connectivity index (χ3v) is 2.44. The molecule has 0 saturated carbocycles. The number of hydrogen-bond donors (Lipinski definition) is 1. The highest BCUT2D eigenvalue weighted by atomic mass is 35.5. The molecule has 0 amide bonds. The normalized spacial score (nSPS) is 10.3. The Morgan fingerprint density at radius 1 is 1.20 bits per heavy atom. The maximum absolute atomic E-state index is 11.1. The van der Waals surface area contributed by atoms with E-state index in [0.717, 1.165) is 0 Å². The summed E-state index contributed by atoms with van der Waals surface area (Å²) in [5, 5.41) is 1.07. The van der Waals surface area contributed by atoms with Crippen molar-refractivity contribution in [1.29, 1.82) is 0 Å². The van der Waals surface area contributed by atoms with Crippen LogP contribution in [0.5, 0.6) is 0 Å². The van der Waals surface area contributed by atoms with Gasteiger partial charge >= 0.3 is 0 Å². The predicted octanol–water partition coefficient (Wildman–Crippen LogP) is 2.74. The monoisotopic (exact) mass is 240 g/mol. The predicted molar refractivity (Wildman–Crippen MR) is 60.3 cm³/mol. The number of nitrogens with one attached hydrogen (secondary N) is 1. The van der Waals surface area contributed by atoms with Crippen LogP contribution in [0.2, 0.25) is 10.0 Å². The van der Waals surface area contributed by atoms with Gasteiger partial charge in [0.2, 0.25) is 0 Å². The Morgan fingerprint density at radius 2 is 2.00 bits per heavy atom. The van der Waals surface area contributed by atoms with Gasteiger partial charge in [0.25, 0.3) is 5.56 Å².